The van der Waals surface area contributed by atoms with Crippen molar-refractivity contribution in [1.29, 1.82) is 0 Å². The summed E-state index contributed by atoms with van der Waals surface area (Å²) in [6, 6.07) is 8.04. The maximum atomic E-state index is 12.9. The number of amides is 2. The van der Waals surface area contributed by atoms with E-state index < -0.39 is 5.60 Å². The normalized spacial score (nSPS) is 18.6. The Morgan fingerprint density at radius 2 is 1.48 bits per heavy atom. The quantitative estimate of drug-likeness (QED) is 0.776. The first-order chi connectivity index (χ1) is 13.8. The second-order valence-corrected chi connectivity index (χ2v) is 8.75. The lowest BCUT2D eigenvalue weighted by atomic mass is 9.95. The maximum absolute atomic E-state index is 12.9. The van der Waals surface area contributed by atoms with Crippen molar-refractivity contribution in [1.82, 2.24) is 9.80 Å². The average Bonchev–Trinajstić information content (AvgIpc) is 2.72. The third kappa shape index (κ3) is 5.55. The molecule has 3 rings (SSSR count). The molecule has 2 heterocycles. The first kappa shape index (κ1) is 21.3. The highest BCUT2D eigenvalue weighted by atomic mass is 16.6. The summed E-state index contributed by atoms with van der Waals surface area (Å²) in [6.45, 7) is 9.89. The molecule has 1 aromatic carbocycles. The number of piperidine rings is 1. The summed E-state index contributed by atoms with van der Waals surface area (Å²) >= 11 is 0. The average molecular weight is 404 g/mol. The van der Waals surface area contributed by atoms with E-state index in [4.69, 9.17) is 9.47 Å². The zero-order chi connectivity index (χ0) is 21.0. The maximum Gasteiger partial charge on any atom is 0.410 e. The molecule has 2 aliphatic rings. The van der Waals surface area contributed by atoms with Crippen molar-refractivity contribution in [2.24, 2.45) is 5.92 Å². The van der Waals surface area contributed by atoms with Crippen LogP contribution in [0.1, 0.15) is 33.6 Å². The minimum atomic E-state index is -0.493. The van der Waals surface area contributed by atoms with Crippen molar-refractivity contribution in [2.75, 3.05) is 51.3 Å². The summed E-state index contributed by atoms with van der Waals surface area (Å²) in [4.78, 5) is 31.1. The minimum absolute atomic E-state index is 0.00113. The molecule has 2 saturated heterocycles. The van der Waals surface area contributed by atoms with E-state index >= 15 is 0 Å². The molecule has 1 aromatic rings. The number of carbonyl (C=O) groups is 2. The van der Waals surface area contributed by atoms with Crippen LogP contribution in [0, 0.1) is 5.92 Å². The van der Waals surface area contributed by atoms with Gasteiger partial charge in [0.1, 0.15) is 11.4 Å². The molecule has 0 unspecified atom stereocenters. The zero-order valence-electron chi connectivity index (χ0n) is 18.0. The Bertz CT molecular complexity index is 698. The fraction of sp³-hybridized carbons (Fsp3) is 0.636. The summed E-state index contributed by atoms with van der Waals surface area (Å²) in [5.41, 5.74) is 0.663. The predicted molar refractivity (Wildman–Crippen MR) is 112 cm³/mol. The zero-order valence-corrected chi connectivity index (χ0v) is 18.0. The van der Waals surface area contributed by atoms with Gasteiger partial charge in [0, 0.05) is 50.9 Å². The van der Waals surface area contributed by atoms with E-state index in [9.17, 15) is 9.59 Å². The third-order valence-corrected chi connectivity index (χ3v) is 5.52. The second kappa shape index (κ2) is 8.93. The number of hydrogen-bond donors (Lipinski definition) is 0. The van der Waals surface area contributed by atoms with Gasteiger partial charge in [-0.2, -0.15) is 0 Å². The van der Waals surface area contributed by atoms with Gasteiger partial charge in [-0.05, 0) is 57.9 Å². The van der Waals surface area contributed by atoms with Crippen molar-refractivity contribution in [2.45, 2.75) is 39.2 Å². The highest BCUT2D eigenvalue weighted by Gasteiger charge is 2.33. The van der Waals surface area contributed by atoms with Crippen LogP contribution in [0.3, 0.4) is 0 Å². The molecule has 7 heteroatoms. The standard InChI is InChI=1S/C22H33N3O4/c1-22(2,3)29-21(27)25-11-9-17(10-12-25)20(26)24-15-13-23(14-16-24)18-5-7-19(28-4)8-6-18/h5-8,17H,9-16H2,1-4H3. The van der Waals surface area contributed by atoms with E-state index in [0.29, 0.717) is 25.9 Å². The smallest absolute Gasteiger partial charge is 0.410 e. The Hall–Kier alpha value is -2.44. The van der Waals surface area contributed by atoms with E-state index in [1.807, 2.05) is 37.8 Å². The van der Waals surface area contributed by atoms with E-state index in [0.717, 1.165) is 37.6 Å². The number of benzene rings is 1. The number of piperazine rings is 1. The van der Waals surface area contributed by atoms with Gasteiger partial charge in [-0.25, -0.2) is 4.79 Å². The van der Waals surface area contributed by atoms with Gasteiger partial charge in [0.05, 0.1) is 7.11 Å². The molecule has 7 nitrogen and oxygen atoms in total. The van der Waals surface area contributed by atoms with Crippen LogP contribution in [-0.4, -0.2) is 73.8 Å². The van der Waals surface area contributed by atoms with Crippen molar-refractivity contribution in [3.8, 4) is 5.75 Å². The molecule has 0 N–H and O–H groups in total. The van der Waals surface area contributed by atoms with Gasteiger partial charge in [0.2, 0.25) is 5.91 Å². The molecule has 160 valence electrons. The Kier molecular flexibility index (Phi) is 6.55. The van der Waals surface area contributed by atoms with Crippen molar-refractivity contribution >= 4 is 17.7 Å². The van der Waals surface area contributed by atoms with E-state index in [1.54, 1.807) is 12.0 Å². The van der Waals surface area contributed by atoms with Gasteiger partial charge in [0.25, 0.3) is 0 Å². The molecule has 0 aliphatic carbocycles. The minimum Gasteiger partial charge on any atom is -0.497 e. The molecule has 29 heavy (non-hydrogen) atoms. The molecular weight excluding hydrogens is 370 g/mol. The van der Waals surface area contributed by atoms with Crippen molar-refractivity contribution in [3.63, 3.8) is 0 Å². The van der Waals surface area contributed by atoms with Crippen LogP contribution in [0.5, 0.6) is 5.75 Å². The molecule has 2 fully saturated rings. The number of nitrogens with zero attached hydrogens (tertiary/aromatic N) is 3. The van der Waals surface area contributed by atoms with Crippen molar-refractivity contribution in [3.05, 3.63) is 24.3 Å². The Morgan fingerprint density at radius 3 is 2.00 bits per heavy atom. The SMILES string of the molecule is COc1ccc(N2CCN(C(=O)C3CCN(C(=O)OC(C)(C)C)CC3)CC2)cc1. The number of rotatable bonds is 3. The van der Waals surface area contributed by atoms with Gasteiger partial charge in [-0.1, -0.05) is 0 Å². The largest absolute Gasteiger partial charge is 0.497 e. The number of anilines is 1. The predicted octanol–water partition coefficient (Wildman–Crippen LogP) is 2.99. The van der Waals surface area contributed by atoms with Gasteiger partial charge < -0.3 is 24.2 Å². The fourth-order valence-corrected chi connectivity index (χ4v) is 3.87. The number of methoxy groups -OCH3 is 1. The fourth-order valence-electron chi connectivity index (χ4n) is 3.87. The van der Waals surface area contributed by atoms with Gasteiger partial charge >= 0.3 is 6.09 Å². The van der Waals surface area contributed by atoms with Crippen LogP contribution >= 0.6 is 0 Å². The summed E-state index contributed by atoms with van der Waals surface area (Å²) < 4.78 is 10.7. The lowest BCUT2D eigenvalue weighted by molar-refractivity contribution is -0.137. The van der Waals surface area contributed by atoms with E-state index in [2.05, 4.69) is 17.0 Å². The molecule has 0 bridgehead atoms. The number of carbonyl (C=O) groups excluding carboxylic acids is 2. The first-order valence-electron chi connectivity index (χ1n) is 10.4. The highest BCUT2D eigenvalue weighted by Crippen LogP contribution is 2.24. The summed E-state index contributed by atoms with van der Waals surface area (Å²) in [7, 11) is 1.66. The van der Waals surface area contributed by atoms with Gasteiger partial charge in [-0.15, -0.1) is 0 Å². The van der Waals surface area contributed by atoms with Crippen LogP contribution in [0.2, 0.25) is 0 Å². The summed E-state index contributed by atoms with van der Waals surface area (Å²) in [5.74, 6) is 1.07. The van der Waals surface area contributed by atoms with Crippen molar-refractivity contribution < 1.29 is 19.1 Å². The highest BCUT2D eigenvalue weighted by molar-refractivity contribution is 5.79. The molecule has 2 amide bonds. The lowest BCUT2D eigenvalue weighted by Gasteiger charge is -2.39. The van der Waals surface area contributed by atoms with Crippen LogP contribution < -0.4 is 9.64 Å². The third-order valence-electron chi connectivity index (χ3n) is 5.52. The van der Waals surface area contributed by atoms with Gasteiger partial charge in [0.15, 0.2) is 0 Å². The van der Waals surface area contributed by atoms with Crippen LogP contribution in [0.25, 0.3) is 0 Å². The monoisotopic (exact) mass is 403 g/mol. The summed E-state index contributed by atoms with van der Waals surface area (Å²) in [5, 5.41) is 0. The molecule has 0 radical (unpaired) electrons. The Morgan fingerprint density at radius 1 is 0.897 bits per heavy atom. The summed E-state index contributed by atoms with van der Waals surface area (Å²) in [6.07, 6.45) is 1.13. The van der Waals surface area contributed by atoms with Crippen LogP contribution in [0.15, 0.2) is 24.3 Å². The molecule has 0 aromatic heterocycles. The van der Waals surface area contributed by atoms with E-state index in [1.165, 1.54) is 0 Å². The molecule has 0 atom stereocenters. The molecule has 2 aliphatic heterocycles. The molecular formula is C22H33N3O4. The Labute approximate surface area is 173 Å². The van der Waals surface area contributed by atoms with E-state index in [-0.39, 0.29) is 17.9 Å². The lowest BCUT2D eigenvalue weighted by Crippen LogP contribution is -2.52. The van der Waals surface area contributed by atoms with Crippen LogP contribution in [0.4, 0.5) is 10.5 Å². The first-order valence-corrected chi connectivity index (χ1v) is 10.4. The van der Waals surface area contributed by atoms with Gasteiger partial charge in [-0.3, -0.25) is 4.79 Å². The van der Waals surface area contributed by atoms with Crippen LogP contribution in [-0.2, 0) is 9.53 Å². The molecule has 0 spiro atoms. The Balaban J connectivity index is 1.46. The number of likely N-dealkylation sites (tertiary alicyclic amines) is 1. The molecule has 0 saturated carbocycles. The second-order valence-electron chi connectivity index (χ2n) is 8.75. The topological polar surface area (TPSA) is 62.3 Å². The number of ether oxygens (including phenoxy) is 2. The number of hydrogen-bond acceptors (Lipinski definition) is 5.